The zero-order valence-electron chi connectivity index (χ0n) is 11.3. The van der Waals surface area contributed by atoms with Crippen molar-refractivity contribution >= 4 is 17.3 Å². The molecule has 0 atom stereocenters. The van der Waals surface area contributed by atoms with E-state index in [9.17, 15) is 14.9 Å². The van der Waals surface area contributed by atoms with Crippen LogP contribution in [0, 0.1) is 10.1 Å². The van der Waals surface area contributed by atoms with Crippen LogP contribution in [0.3, 0.4) is 0 Å². The molecule has 0 saturated carbocycles. The largest absolute Gasteiger partial charge is 0.483 e. The average Bonchev–Trinajstić information content (AvgIpc) is 2.47. The highest BCUT2D eigenvalue weighted by Gasteiger charge is 2.26. The first-order valence-corrected chi connectivity index (χ1v) is 6.76. The lowest BCUT2D eigenvalue weighted by Gasteiger charge is -2.25. The lowest BCUT2D eigenvalue weighted by Crippen LogP contribution is -2.34. The number of amides is 1. The Hall–Kier alpha value is -2.35. The first kappa shape index (κ1) is 13.6. The highest BCUT2D eigenvalue weighted by Crippen LogP contribution is 2.40. The van der Waals surface area contributed by atoms with Crippen molar-refractivity contribution in [1.82, 2.24) is 5.32 Å². The number of anilines is 1. The van der Waals surface area contributed by atoms with Crippen molar-refractivity contribution in [2.45, 2.75) is 18.9 Å². The van der Waals surface area contributed by atoms with Gasteiger partial charge in [-0.3, -0.25) is 14.9 Å². The van der Waals surface area contributed by atoms with Crippen molar-refractivity contribution in [3.63, 3.8) is 0 Å². The minimum atomic E-state index is -0.503. The van der Waals surface area contributed by atoms with E-state index in [0.29, 0.717) is 11.4 Å². The van der Waals surface area contributed by atoms with Gasteiger partial charge in [-0.05, 0) is 25.9 Å². The molecular formula is C13H15N3O5. The molecule has 0 radical (unpaired) electrons. The van der Waals surface area contributed by atoms with Gasteiger partial charge in [0.1, 0.15) is 6.10 Å². The van der Waals surface area contributed by atoms with Crippen LogP contribution < -0.4 is 20.1 Å². The Balaban J connectivity index is 1.91. The van der Waals surface area contributed by atoms with Crippen LogP contribution in [-0.2, 0) is 4.79 Å². The number of nitrogens with zero attached hydrogens (tertiary/aromatic N) is 1. The zero-order chi connectivity index (χ0) is 14.8. The summed E-state index contributed by atoms with van der Waals surface area (Å²) in [5.74, 6) is 0.166. The van der Waals surface area contributed by atoms with Crippen LogP contribution in [0.5, 0.6) is 11.5 Å². The number of carbonyl (C=O) groups excluding carboxylic acids is 1. The summed E-state index contributed by atoms with van der Waals surface area (Å²) >= 11 is 0. The third-order valence-corrected chi connectivity index (χ3v) is 3.47. The molecule has 8 nitrogen and oxygen atoms in total. The Bertz CT molecular complexity index is 583. The van der Waals surface area contributed by atoms with Crippen LogP contribution in [-0.4, -0.2) is 36.6 Å². The molecule has 8 heteroatoms. The van der Waals surface area contributed by atoms with Crippen LogP contribution in [0.15, 0.2) is 12.1 Å². The van der Waals surface area contributed by atoms with E-state index in [4.69, 9.17) is 9.47 Å². The van der Waals surface area contributed by atoms with Gasteiger partial charge in [-0.25, -0.2) is 0 Å². The average molecular weight is 293 g/mol. The third-order valence-electron chi connectivity index (χ3n) is 3.47. The number of rotatable bonds is 3. The molecule has 2 N–H and O–H groups in total. The number of carbonyl (C=O) groups is 1. The summed E-state index contributed by atoms with van der Waals surface area (Å²) in [6, 6.07) is 2.76. The van der Waals surface area contributed by atoms with Gasteiger partial charge in [0, 0.05) is 6.07 Å². The van der Waals surface area contributed by atoms with Crippen LogP contribution >= 0.6 is 0 Å². The Morgan fingerprint density at radius 3 is 2.81 bits per heavy atom. The predicted octanol–water partition coefficient (Wildman–Crippen LogP) is 1.06. The number of nitro benzene ring substituents is 1. The van der Waals surface area contributed by atoms with E-state index >= 15 is 0 Å². The Labute approximate surface area is 120 Å². The molecule has 1 fully saturated rings. The summed E-state index contributed by atoms with van der Waals surface area (Å²) in [4.78, 5) is 22.0. The molecule has 2 aliphatic rings. The van der Waals surface area contributed by atoms with Crippen molar-refractivity contribution in [3.05, 3.63) is 22.2 Å². The lowest BCUT2D eigenvalue weighted by atomic mass is 10.1. The quantitative estimate of drug-likeness (QED) is 0.638. The van der Waals surface area contributed by atoms with E-state index in [1.54, 1.807) is 0 Å². The topological polar surface area (TPSA) is 103 Å². The van der Waals surface area contributed by atoms with Crippen LogP contribution in [0.2, 0.25) is 0 Å². The molecule has 0 spiro atoms. The summed E-state index contributed by atoms with van der Waals surface area (Å²) in [5, 5.41) is 17.0. The maximum atomic E-state index is 11.3. The van der Waals surface area contributed by atoms with Gasteiger partial charge in [0.25, 0.3) is 5.91 Å². The Morgan fingerprint density at radius 2 is 2.10 bits per heavy atom. The van der Waals surface area contributed by atoms with E-state index < -0.39 is 4.92 Å². The van der Waals surface area contributed by atoms with Gasteiger partial charge in [-0.15, -0.1) is 0 Å². The molecule has 1 amide bonds. The molecule has 2 aliphatic heterocycles. The number of ether oxygens (including phenoxy) is 2. The van der Waals surface area contributed by atoms with Crippen LogP contribution in [0.25, 0.3) is 0 Å². The molecule has 1 aromatic rings. The number of fused-ring (bicyclic) bond motifs is 1. The fourth-order valence-corrected chi connectivity index (χ4v) is 2.43. The molecular weight excluding hydrogens is 278 g/mol. The molecule has 1 saturated heterocycles. The molecule has 0 aliphatic carbocycles. The van der Waals surface area contributed by atoms with Gasteiger partial charge in [0.05, 0.1) is 16.7 Å². The molecule has 0 unspecified atom stereocenters. The number of benzene rings is 1. The second-order valence-electron chi connectivity index (χ2n) is 4.98. The highest BCUT2D eigenvalue weighted by atomic mass is 16.6. The summed E-state index contributed by atoms with van der Waals surface area (Å²) < 4.78 is 11.0. The fraction of sp³-hybridized carbons (Fsp3) is 0.462. The maximum absolute atomic E-state index is 11.3. The minimum absolute atomic E-state index is 0.0665. The Morgan fingerprint density at radius 1 is 1.33 bits per heavy atom. The number of nitrogens with one attached hydrogen (secondary N) is 2. The van der Waals surface area contributed by atoms with Gasteiger partial charge < -0.3 is 20.1 Å². The summed E-state index contributed by atoms with van der Waals surface area (Å²) in [6.45, 7) is 1.51. The zero-order valence-corrected chi connectivity index (χ0v) is 11.3. The SMILES string of the molecule is O=C1COc2cc([N+](=O)[O-])c(OC3CCNCC3)cc2N1. The van der Waals surface area contributed by atoms with Crippen molar-refractivity contribution in [2.75, 3.05) is 25.0 Å². The van der Waals surface area contributed by atoms with E-state index in [1.165, 1.54) is 12.1 Å². The van der Waals surface area contributed by atoms with E-state index in [-0.39, 0.29) is 30.1 Å². The van der Waals surface area contributed by atoms with Crippen molar-refractivity contribution in [2.24, 2.45) is 0 Å². The van der Waals surface area contributed by atoms with Gasteiger partial charge in [-0.2, -0.15) is 0 Å². The molecule has 0 aromatic heterocycles. The molecule has 112 valence electrons. The minimum Gasteiger partial charge on any atom is -0.483 e. The molecule has 1 aromatic carbocycles. The summed E-state index contributed by atoms with van der Waals surface area (Å²) in [7, 11) is 0. The standard InChI is InChI=1S/C13H15N3O5/c17-13-7-20-11-6-10(16(18)19)12(5-9(11)15-13)21-8-1-3-14-4-2-8/h5-6,8,14H,1-4,7H2,(H,15,17). The van der Waals surface area contributed by atoms with Crippen molar-refractivity contribution < 1.29 is 19.2 Å². The fourth-order valence-electron chi connectivity index (χ4n) is 2.43. The Kier molecular flexibility index (Phi) is 3.61. The van der Waals surface area contributed by atoms with Crippen LogP contribution in [0.1, 0.15) is 12.8 Å². The van der Waals surface area contributed by atoms with Gasteiger partial charge in [0.2, 0.25) is 0 Å². The third kappa shape index (κ3) is 2.89. The summed E-state index contributed by atoms with van der Waals surface area (Å²) in [5.41, 5.74) is 0.254. The second-order valence-corrected chi connectivity index (χ2v) is 4.98. The second kappa shape index (κ2) is 5.57. The maximum Gasteiger partial charge on any atom is 0.314 e. The smallest absolute Gasteiger partial charge is 0.314 e. The first-order chi connectivity index (χ1) is 10.1. The lowest BCUT2D eigenvalue weighted by molar-refractivity contribution is -0.386. The van der Waals surface area contributed by atoms with Crippen molar-refractivity contribution in [3.8, 4) is 11.5 Å². The first-order valence-electron chi connectivity index (χ1n) is 6.76. The van der Waals surface area contributed by atoms with Gasteiger partial charge >= 0.3 is 5.69 Å². The number of nitro groups is 1. The number of hydrogen-bond acceptors (Lipinski definition) is 6. The van der Waals surface area contributed by atoms with Crippen LogP contribution in [0.4, 0.5) is 11.4 Å². The van der Waals surface area contributed by atoms with E-state index in [2.05, 4.69) is 10.6 Å². The number of hydrogen-bond donors (Lipinski definition) is 2. The number of piperidine rings is 1. The normalized spacial score (nSPS) is 18.4. The summed E-state index contributed by atoms with van der Waals surface area (Å²) in [6.07, 6.45) is 1.51. The van der Waals surface area contributed by atoms with E-state index in [1.807, 2.05) is 0 Å². The van der Waals surface area contributed by atoms with Gasteiger partial charge in [-0.1, -0.05) is 0 Å². The van der Waals surface area contributed by atoms with Gasteiger partial charge in [0.15, 0.2) is 18.1 Å². The highest BCUT2D eigenvalue weighted by molar-refractivity contribution is 5.96. The monoisotopic (exact) mass is 293 g/mol. The van der Waals surface area contributed by atoms with Crippen molar-refractivity contribution in [1.29, 1.82) is 0 Å². The molecule has 2 heterocycles. The predicted molar refractivity (Wildman–Crippen MR) is 73.7 cm³/mol. The molecule has 21 heavy (non-hydrogen) atoms. The van der Waals surface area contributed by atoms with E-state index in [0.717, 1.165) is 25.9 Å². The molecule has 3 rings (SSSR count). The molecule has 0 bridgehead atoms.